The van der Waals surface area contributed by atoms with Gasteiger partial charge in [-0.3, -0.25) is 0 Å². The lowest BCUT2D eigenvalue weighted by atomic mass is 10.1. The van der Waals surface area contributed by atoms with Crippen LogP contribution in [-0.4, -0.2) is 0 Å². The summed E-state index contributed by atoms with van der Waals surface area (Å²) in [7, 11) is 1.49. The monoisotopic (exact) mass is 326 g/mol. The quantitative estimate of drug-likeness (QED) is 0.571. The molecule has 0 fully saturated rings. The van der Waals surface area contributed by atoms with Crippen molar-refractivity contribution in [2.45, 2.75) is 0 Å². The lowest BCUT2D eigenvalue weighted by Crippen LogP contribution is -1.75. The van der Waals surface area contributed by atoms with Crippen molar-refractivity contribution >= 4 is 30.1 Å². The van der Waals surface area contributed by atoms with Gasteiger partial charge in [0.2, 0.25) is 0 Å². The highest BCUT2D eigenvalue weighted by atomic mass is 127. The molecule has 0 aliphatic rings. The molecule has 0 N–H and O–H groups in total. The molecule has 0 saturated carbocycles. The highest BCUT2D eigenvalue weighted by Gasteiger charge is 1.97. The molecule has 1 nitrogen and oxygen atoms in total. The van der Waals surface area contributed by atoms with Crippen LogP contribution in [0.2, 0.25) is 0 Å². The molecule has 0 saturated heterocycles. The number of furan rings is 1. The molecule has 15 heavy (non-hydrogen) atoms. The fourth-order valence-corrected chi connectivity index (χ4v) is 1.74. The summed E-state index contributed by atoms with van der Waals surface area (Å²) in [4.78, 5) is 0. The maximum Gasteiger partial charge on any atom is 0.0980 e. The maximum atomic E-state index is 5.03. The maximum absolute atomic E-state index is 5.03. The molecule has 74 valence electrons. The molecule has 1 aromatic heterocycles. The van der Waals surface area contributed by atoms with Crippen LogP contribution in [0.1, 0.15) is 5.56 Å². The zero-order valence-electron chi connectivity index (χ0n) is 7.74. The van der Waals surface area contributed by atoms with E-state index in [-0.39, 0.29) is 0 Å². The molecular weight excluding hydrogens is 319 g/mol. The number of rotatable bonds is 1. The van der Waals surface area contributed by atoms with E-state index >= 15 is 0 Å². The summed E-state index contributed by atoms with van der Waals surface area (Å²) in [5.41, 5.74) is 3.28. The smallest absolute Gasteiger partial charge is 0.0980 e. The van der Waals surface area contributed by atoms with E-state index in [1.54, 1.807) is 12.5 Å². The van der Waals surface area contributed by atoms with Gasteiger partial charge in [0.05, 0.1) is 12.5 Å². The van der Waals surface area contributed by atoms with Gasteiger partial charge in [-0.05, 0) is 37.9 Å². The Kier molecular flexibility index (Phi) is 3.75. The summed E-state index contributed by atoms with van der Waals surface area (Å²) in [5.74, 6) is 3.05. The van der Waals surface area contributed by atoms with Crippen molar-refractivity contribution in [3.8, 4) is 22.3 Å². The molecule has 2 aromatic rings. The minimum atomic E-state index is 1.03. The van der Waals surface area contributed by atoms with Crippen molar-refractivity contribution in [2.24, 2.45) is 0 Å². The van der Waals surface area contributed by atoms with E-state index in [1.165, 1.54) is 8.93 Å². The van der Waals surface area contributed by atoms with Crippen LogP contribution in [0.15, 0.2) is 47.3 Å². The van der Waals surface area contributed by atoms with E-state index in [4.69, 9.17) is 4.42 Å². The Morgan fingerprint density at radius 2 is 1.87 bits per heavy atom. The summed E-state index contributed by atoms with van der Waals surface area (Å²) >= 11 is 2.16. The minimum absolute atomic E-state index is 1.03. The van der Waals surface area contributed by atoms with E-state index in [0.29, 0.717) is 0 Å². The Balaban J connectivity index is 2.25. The second-order valence-corrected chi connectivity index (χ2v) is 4.57. The van der Waals surface area contributed by atoms with Gasteiger partial charge in [0.1, 0.15) is 0 Å². The van der Waals surface area contributed by atoms with Gasteiger partial charge in [-0.15, -0.1) is 0 Å². The molecule has 0 aliphatic carbocycles. The van der Waals surface area contributed by atoms with Crippen LogP contribution in [-0.2, 0) is 0 Å². The largest absolute Gasteiger partial charge is 0.472 e. The highest BCUT2D eigenvalue weighted by Crippen LogP contribution is 2.19. The first-order valence-corrected chi connectivity index (χ1v) is 7.67. The molecule has 0 bridgehead atoms. The number of benzene rings is 1. The topological polar surface area (TPSA) is 13.1 Å². The number of hydrogen-bond donors (Lipinski definition) is 0. The van der Waals surface area contributed by atoms with Gasteiger partial charge in [-0.2, -0.15) is 0 Å². The molecule has 0 radical (unpaired) electrons. The SMILES string of the molecule is ISC#Cc1ccc(-c2ccoc2)cc1. The molecule has 1 aromatic carbocycles. The van der Waals surface area contributed by atoms with Crippen LogP contribution in [0.4, 0.5) is 0 Å². The van der Waals surface area contributed by atoms with E-state index in [2.05, 4.69) is 32.4 Å². The Morgan fingerprint density at radius 3 is 2.47 bits per heavy atom. The average molecular weight is 326 g/mol. The Bertz CT molecular complexity index is 477. The average Bonchev–Trinajstić information content (AvgIpc) is 2.80. The van der Waals surface area contributed by atoms with Crippen LogP contribution >= 0.6 is 30.1 Å². The fourth-order valence-electron chi connectivity index (χ4n) is 1.25. The summed E-state index contributed by atoms with van der Waals surface area (Å²) < 4.78 is 5.03. The zero-order chi connectivity index (χ0) is 10.5. The van der Waals surface area contributed by atoms with E-state index in [1.807, 2.05) is 30.3 Å². The van der Waals surface area contributed by atoms with Crippen molar-refractivity contribution in [3.63, 3.8) is 0 Å². The molecule has 0 unspecified atom stereocenters. The molecule has 1 heterocycles. The van der Waals surface area contributed by atoms with Crippen LogP contribution < -0.4 is 0 Å². The van der Waals surface area contributed by atoms with Crippen molar-refractivity contribution < 1.29 is 4.42 Å². The van der Waals surface area contributed by atoms with Gasteiger partial charge in [0, 0.05) is 32.3 Å². The predicted molar refractivity (Wildman–Crippen MR) is 72.6 cm³/mol. The van der Waals surface area contributed by atoms with E-state index in [0.717, 1.165) is 16.7 Å². The van der Waals surface area contributed by atoms with Gasteiger partial charge >= 0.3 is 0 Å². The first-order chi connectivity index (χ1) is 7.40. The normalized spacial score (nSPS) is 9.40. The third-order valence-corrected chi connectivity index (χ3v) is 2.81. The van der Waals surface area contributed by atoms with Crippen LogP contribution in [0.25, 0.3) is 11.1 Å². The number of hydrogen-bond acceptors (Lipinski definition) is 2. The van der Waals surface area contributed by atoms with Gasteiger partial charge in [-0.1, -0.05) is 18.1 Å². The first kappa shape index (κ1) is 10.7. The molecule has 0 aliphatic heterocycles. The molecule has 0 amide bonds. The third kappa shape index (κ3) is 2.80. The van der Waals surface area contributed by atoms with Crippen LogP contribution in [0, 0.1) is 11.2 Å². The van der Waals surface area contributed by atoms with Crippen molar-refractivity contribution in [2.75, 3.05) is 0 Å². The first-order valence-electron chi connectivity index (χ1n) is 4.31. The summed E-state index contributed by atoms with van der Waals surface area (Å²) in [6.07, 6.45) is 3.41. The van der Waals surface area contributed by atoms with Crippen molar-refractivity contribution in [1.82, 2.24) is 0 Å². The summed E-state index contributed by atoms with van der Waals surface area (Å²) in [6, 6.07) is 10.1. The van der Waals surface area contributed by atoms with E-state index < -0.39 is 0 Å². The van der Waals surface area contributed by atoms with E-state index in [9.17, 15) is 0 Å². The molecule has 0 atom stereocenters. The Morgan fingerprint density at radius 1 is 1.07 bits per heavy atom. The molecule has 0 spiro atoms. The molecular formula is C12H7IOS. The molecule has 2 rings (SSSR count). The summed E-state index contributed by atoms with van der Waals surface area (Å²) in [5, 5.41) is 2.95. The second-order valence-electron chi connectivity index (χ2n) is 2.89. The summed E-state index contributed by atoms with van der Waals surface area (Å²) in [6.45, 7) is 0. The van der Waals surface area contributed by atoms with Gasteiger partial charge in [0.15, 0.2) is 0 Å². The van der Waals surface area contributed by atoms with Crippen LogP contribution in [0.5, 0.6) is 0 Å². The van der Waals surface area contributed by atoms with Gasteiger partial charge in [-0.25, -0.2) is 0 Å². The number of halogens is 1. The van der Waals surface area contributed by atoms with Gasteiger partial charge < -0.3 is 4.42 Å². The Hall–Kier alpha value is -0.860. The minimum Gasteiger partial charge on any atom is -0.472 e. The lowest BCUT2D eigenvalue weighted by molar-refractivity contribution is 0.568. The second kappa shape index (κ2) is 5.29. The predicted octanol–water partition coefficient (Wildman–Crippen LogP) is 4.34. The van der Waals surface area contributed by atoms with Crippen molar-refractivity contribution in [3.05, 3.63) is 48.4 Å². The fraction of sp³-hybridized carbons (Fsp3) is 0. The standard InChI is InChI=1S/C12H7IOS/c13-15-8-6-10-1-3-11(4-2-10)12-5-7-14-9-12/h1-5,7,9H. The Labute approximate surface area is 105 Å². The van der Waals surface area contributed by atoms with Crippen molar-refractivity contribution in [1.29, 1.82) is 0 Å². The zero-order valence-corrected chi connectivity index (χ0v) is 10.7. The molecule has 3 heteroatoms. The highest BCUT2D eigenvalue weighted by molar-refractivity contribution is 14.2. The lowest BCUT2D eigenvalue weighted by Gasteiger charge is -1.96. The van der Waals surface area contributed by atoms with Gasteiger partial charge in [0.25, 0.3) is 0 Å². The van der Waals surface area contributed by atoms with Crippen LogP contribution in [0.3, 0.4) is 0 Å². The third-order valence-electron chi connectivity index (χ3n) is 1.97.